The van der Waals surface area contributed by atoms with Crippen LogP contribution < -0.4 is 0 Å². The molecule has 8 heteroatoms. The number of carbonyl (C=O) groups is 3. The van der Waals surface area contributed by atoms with E-state index in [0.29, 0.717) is 6.42 Å². The van der Waals surface area contributed by atoms with E-state index in [4.69, 9.17) is 19.0 Å². The summed E-state index contributed by atoms with van der Waals surface area (Å²) in [6, 6.07) is 6.07. The Balaban J connectivity index is 3.20. The maximum atomic E-state index is 12.9. The van der Waals surface area contributed by atoms with Crippen LogP contribution in [-0.4, -0.2) is 47.6 Å². The summed E-state index contributed by atoms with van der Waals surface area (Å²) in [7, 11) is 0. The minimum Gasteiger partial charge on any atom is -0.465 e. The molecule has 0 spiro atoms. The van der Waals surface area contributed by atoms with E-state index >= 15 is 0 Å². The highest BCUT2D eigenvalue weighted by molar-refractivity contribution is 5.75. The van der Waals surface area contributed by atoms with E-state index in [1.807, 2.05) is 26.0 Å². The van der Waals surface area contributed by atoms with Gasteiger partial charge < -0.3 is 19.0 Å². The zero-order valence-electron chi connectivity index (χ0n) is 23.2. The van der Waals surface area contributed by atoms with E-state index in [1.54, 1.807) is 62.3 Å². The smallest absolute Gasteiger partial charge is 0.465 e. The normalized spacial score (nSPS) is 13.0. The zero-order valence-corrected chi connectivity index (χ0v) is 23.2. The highest BCUT2D eigenvalue weighted by Gasteiger charge is 2.32. The van der Waals surface area contributed by atoms with Crippen molar-refractivity contribution < 1.29 is 33.4 Å². The number of aryl methyl sites for hydroxylation is 2. The maximum Gasteiger partial charge on any atom is 0.534 e. The Morgan fingerprint density at radius 2 is 1.43 bits per heavy atom. The van der Waals surface area contributed by atoms with Crippen LogP contribution in [0, 0.1) is 25.2 Å². The average molecular weight is 494 g/mol. The largest absolute Gasteiger partial charge is 0.534 e. The Morgan fingerprint density at radius 1 is 0.857 bits per heavy atom. The summed E-state index contributed by atoms with van der Waals surface area (Å²) in [5, 5.41) is 0.843. The van der Waals surface area contributed by atoms with Crippen molar-refractivity contribution in [1.29, 1.82) is 0 Å². The van der Waals surface area contributed by atoms with Crippen molar-refractivity contribution in [2.75, 3.05) is 13.2 Å². The molecule has 8 nitrogen and oxygen atoms in total. The number of carbonyl (C=O) groups excluding carboxylic acids is 3. The molecule has 0 aromatic heterocycles. The minimum atomic E-state index is -1.03. The molecule has 1 amide bonds. The molecule has 0 bridgehead atoms. The molecule has 0 saturated carbocycles. The molecule has 0 aliphatic heterocycles. The van der Waals surface area contributed by atoms with Gasteiger partial charge >= 0.3 is 18.2 Å². The van der Waals surface area contributed by atoms with Gasteiger partial charge in [-0.15, -0.1) is 5.06 Å². The Bertz CT molecular complexity index is 888. The van der Waals surface area contributed by atoms with Crippen LogP contribution in [-0.2, 0) is 30.3 Å². The second-order valence-corrected chi connectivity index (χ2v) is 11.9. The van der Waals surface area contributed by atoms with Crippen LogP contribution in [0.1, 0.15) is 79.0 Å². The number of hydrogen-bond acceptors (Lipinski definition) is 7. The number of hydrogen-bond donors (Lipinski definition) is 0. The van der Waals surface area contributed by atoms with Gasteiger partial charge in [-0.05, 0) is 99.3 Å². The molecule has 0 aliphatic rings. The lowest BCUT2D eigenvalue weighted by atomic mass is 9.96. The van der Waals surface area contributed by atoms with Gasteiger partial charge in [0.1, 0.15) is 11.2 Å². The van der Waals surface area contributed by atoms with Crippen LogP contribution in [0.3, 0.4) is 0 Å². The lowest BCUT2D eigenvalue weighted by molar-refractivity contribution is -0.159. The Hall–Kier alpha value is -2.77. The van der Waals surface area contributed by atoms with E-state index in [-0.39, 0.29) is 25.0 Å². The van der Waals surface area contributed by atoms with Crippen molar-refractivity contribution in [3.05, 3.63) is 34.9 Å². The highest BCUT2D eigenvalue weighted by Crippen LogP contribution is 2.21. The first-order valence-corrected chi connectivity index (χ1v) is 11.9. The number of ether oxygens (including phenoxy) is 3. The van der Waals surface area contributed by atoms with Gasteiger partial charge in [0.25, 0.3) is 0 Å². The quantitative estimate of drug-likeness (QED) is 0.266. The molecule has 0 radical (unpaired) electrons. The summed E-state index contributed by atoms with van der Waals surface area (Å²) < 4.78 is 16.2. The first-order valence-electron chi connectivity index (χ1n) is 11.9. The van der Waals surface area contributed by atoms with Gasteiger partial charge in [0.05, 0.1) is 18.6 Å². The molecule has 1 aromatic rings. The summed E-state index contributed by atoms with van der Waals surface area (Å²) in [5.41, 5.74) is 0.997. The third kappa shape index (κ3) is 12.0. The zero-order chi connectivity index (χ0) is 27.2. The number of amides is 1. The summed E-state index contributed by atoms with van der Waals surface area (Å²) in [5.74, 6) is -0.738. The number of benzene rings is 1. The van der Waals surface area contributed by atoms with E-state index in [1.165, 1.54) is 0 Å². The molecule has 1 rings (SSSR count). The van der Waals surface area contributed by atoms with Gasteiger partial charge in [-0.1, -0.05) is 18.2 Å². The standard InChI is InChI=1S/C27H43NO7/c1-18-12-13-20(14-19(18)2)15-21(17-32-22(29)25(3,4)5)16-28(23(30)33-26(6,7)8)35-24(31)34-27(9,10)11/h12-14,21H,15-17H2,1-11H3. The van der Waals surface area contributed by atoms with Gasteiger partial charge in [-0.2, -0.15) is 0 Å². The number of rotatable bonds is 6. The van der Waals surface area contributed by atoms with E-state index in [0.717, 1.165) is 21.8 Å². The fourth-order valence-corrected chi connectivity index (χ4v) is 2.91. The number of nitrogens with zero attached hydrogens (tertiary/aromatic N) is 1. The first-order chi connectivity index (χ1) is 15.8. The fraction of sp³-hybridized carbons (Fsp3) is 0.667. The van der Waals surface area contributed by atoms with Crippen LogP contribution in [0.2, 0.25) is 0 Å². The number of hydroxylamine groups is 2. The molecule has 35 heavy (non-hydrogen) atoms. The molecule has 0 fully saturated rings. The van der Waals surface area contributed by atoms with Crippen LogP contribution in [0.4, 0.5) is 9.59 Å². The second-order valence-electron chi connectivity index (χ2n) is 11.9. The maximum absolute atomic E-state index is 12.9. The summed E-state index contributed by atoms with van der Waals surface area (Å²) in [6.45, 7) is 19.6. The summed E-state index contributed by atoms with van der Waals surface area (Å²) in [4.78, 5) is 43.0. The fourth-order valence-electron chi connectivity index (χ4n) is 2.91. The van der Waals surface area contributed by atoms with Gasteiger partial charge in [-0.3, -0.25) is 4.79 Å². The van der Waals surface area contributed by atoms with Crippen LogP contribution >= 0.6 is 0 Å². The molecule has 198 valence electrons. The van der Waals surface area contributed by atoms with Gasteiger partial charge in [0, 0.05) is 5.92 Å². The third-order valence-corrected chi connectivity index (χ3v) is 4.75. The van der Waals surface area contributed by atoms with Crippen molar-refractivity contribution >= 4 is 18.2 Å². The molecular weight excluding hydrogens is 450 g/mol. The Kier molecular flexibility index (Phi) is 10.2. The Morgan fingerprint density at radius 3 is 1.91 bits per heavy atom. The first kappa shape index (κ1) is 30.3. The molecular formula is C27H43NO7. The lowest BCUT2D eigenvalue weighted by Gasteiger charge is -2.30. The summed E-state index contributed by atoms with van der Waals surface area (Å²) in [6.07, 6.45) is -1.38. The lowest BCUT2D eigenvalue weighted by Crippen LogP contribution is -2.43. The predicted molar refractivity (Wildman–Crippen MR) is 134 cm³/mol. The number of esters is 1. The average Bonchev–Trinajstić information content (AvgIpc) is 2.64. The van der Waals surface area contributed by atoms with E-state index in [9.17, 15) is 14.4 Å². The van der Waals surface area contributed by atoms with Crippen molar-refractivity contribution in [1.82, 2.24) is 5.06 Å². The second kappa shape index (κ2) is 11.8. The van der Waals surface area contributed by atoms with Gasteiger partial charge in [0.15, 0.2) is 0 Å². The van der Waals surface area contributed by atoms with Crippen LogP contribution in [0.5, 0.6) is 0 Å². The van der Waals surface area contributed by atoms with Gasteiger partial charge in [-0.25, -0.2) is 9.59 Å². The summed E-state index contributed by atoms with van der Waals surface area (Å²) >= 11 is 0. The molecule has 1 unspecified atom stereocenters. The van der Waals surface area contributed by atoms with Crippen molar-refractivity contribution in [3.8, 4) is 0 Å². The molecule has 0 aliphatic carbocycles. The highest BCUT2D eigenvalue weighted by atomic mass is 16.8. The Labute approximate surface area is 210 Å². The molecule has 1 atom stereocenters. The third-order valence-electron chi connectivity index (χ3n) is 4.75. The molecule has 0 saturated heterocycles. The van der Waals surface area contributed by atoms with Gasteiger partial charge in [0.2, 0.25) is 0 Å². The van der Waals surface area contributed by atoms with Crippen LogP contribution in [0.25, 0.3) is 0 Å². The topological polar surface area (TPSA) is 91.4 Å². The molecule has 0 N–H and O–H groups in total. The van der Waals surface area contributed by atoms with E-state index in [2.05, 4.69) is 6.07 Å². The monoisotopic (exact) mass is 493 g/mol. The van der Waals surface area contributed by atoms with E-state index < -0.39 is 28.9 Å². The predicted octanol–water partition coefficient (Wildman–Crippen LogP) is 6.16. The van der Waals surface area contributed by atoms with Crippen LogP contribution in [0.15, 0.2) is 18.2 Å². The SMILES string of the molecule is Cc1ccc(CC(COC(=O)C(C)(C)C)CN(OC(=O)OC(C)(C)C)C(=O)OC(C)(C)C)cc1C. The van der Waals surface area contributed by atoms with Crippen molar-refractivity contribution in [2.45, 2.75) is 93.8 Å². The molecule has 0 heterocycles. The van der Waals surface area contributed by atoms with Crippen molar-refractivity contribution in [3.63, 3.8) is 0 Å². The minimum absolute atomic E-state index is 0.0278. The molecule has 1 aromatic carbocycles. The van der Waals surface area contributed by atoms with Crippen molar-refractivity contribution in [2.24, 2.45) is 11.3 Å².